The average Bonchev–Trinajstić information content (AvgIpc) is 3.53. The van der Waals surface area contributed by atoms with Crippen LogP contribution in [0.1, 0.15) is 47.6 Å². The zero-order valence-corrected chi connectivity index (χ0v) is 16.9. The number of carbonyl (C=O) groups excluding carboxylic acids is 1. The molecule has 4 aromatic rings. The molecule has 0 aliphatic heterocycles. The molecule has 3 heterocycles. The van der Waals surface area contributed by atoms with Crippen molar-refractivity contribution in [1.82, 2.24) is 19.5 Å². The van der Waals surface area contributed by atoms with Crippen LogP contribution in [0.5, 0.6) is 0 Å². The third-order valence-corrected chi connectivity index (χ3v) is 5.96. The highest BCUT2D eigenvalue weighted by Crippen LogP contribution is 2.34. The number of benzene rings is 1. The highest BCUT2D eigenvalue weighted by Gasteiger charge is 2.23. The summed E-state index contributed by atoms with van der Waals surface area (Å²) in [6.07, 6.45) is 8.37. The smallest absolute Gasteiger partial charge is 0.253 e. The van der Waals surface area contributed by atoms with Crippen molar-refractivity contribution in [1.29, 1.82) is 0 Å². The van der Waals surface area contributed by atoms with Crippen LogP contribution >= 0.6 is 0 Å². The van der Waals surface area contributed by atoms with E-state index in [0.29, 0.717) is 17.2 Å². The molecule has 31 heavy (non-hydrogen) atoms. The van der Waals surface area contributed by atoms with E-state index in [-0.39, 0.29) is 12.5 Å². The molecule has 5 nitrogen and oxygen atoms in total. The average molecular weight is 420 g/mol. The second kappa shape index (κ2) is 7.98. The number of hydrogen-bond acceptors (Lipinski definition) is 2. The summed E-state index contributed by atoms with van der Waals surface area (Å²) < 4.78 is 30.7. The predicted molar refractivity (Wildman–Crippen MR) is 114 cm³/mol. The van der Waals surface area contributed by atoms with Gasteiger partial charge >= 0.3 is 0 Å². The first-order valence-electron chi connectivity index (χ1n) is 10.5. The minimum Gasteiger partial charge on any atom is -0.348 e. The van der Waals surface area contributed by atoms with E-state index in [2.05, 4.69) is 15.1 Å². The largest absolute Gasteiger partial charge is 0.348 e. The molecule has 0 radical (unpaired) electrons. The summed E-state index contributed by atoms with van der Waals surface area (Å²) in [6.45, 7) is 0.107. The number of pyridine rings is 1. The molecule has 158 valence electrons. The number of hydrogen-bond donors (Lipinski definition) is 1. The monoisotopic (exact) mass is 420 g/mol. The Labute approximate surface area is 178 Å². The van der Waals surface area contributed by atoms with Crippen LogP contribution in [-0.2, 0) is 6.54 Å². The molecule has 1 saturated carbocycles. The first-order chi connectivity index (χ1) is 15.1. The minimum absolute atomic E-state index is 0.107. The van der Waals surface area contributed by atoms with Gasteiger partial charge in [0.25, 0.3) is 5.91 Å². The summed E-state index contributed by atoms with van der Waals surface area (Å²) in [5.74, 6) is -2.10. The van der Waals surface area contributed by atoms with Gasteiger partial charge in [-0.2, -0.15) is 5.10 Å². The molecule has 0 atom stereocenters. The van der Waals surface area contributed by atoms with E-state index < -0.39 is 11.6 Å². The summed E-state index contributed by atoms with van der Waals surface area (Å²) >= 11 is 0. The van der Waals surface area contributed by atoms with Crippen molar-refractivity contribution >= 4 is 11.4 Å². The molecule has 0 unspecified atom stereocenters. The van der Waals surface area contributed by atoms with E-state index in [0.717, 1.165) is 41.9 Å². The fourth-order valence-electron chi connectivity index (χ4n) is 4.42. The van der Waals surface area contributed by atoms with Crippen molar-refractivity contribution in [3.63, 3.8) is 0 Å². The van der Waals surface area contributed by atoms with E-state index in [9.17, 15) is 13.6 Å². The zero-order valence-electron chi connectivity index (χ0n) is 16.9. The third-order valence-electron chi connectivity index (χ3n) is 5.96. The van der Waals surface area contributed by atoms with Gasteiger partial charge in [0.15, 0.2) is 11.6 Å². The molecule has 1 aliphatic carbocycles. The number of carbonyl (C=O) groups is 1. The van der Waals surface area contributed by atoms with E-state index >= 15 is 0 Å². The molecule has 1 aromatic carbocycles. The summed E-state index contributed by atoms with van der Waals surface area (Å²) in [5.41, 5.74) is 3.68. The van der Waals surface area contributed by atoms with E-state index in [4.69, 9.17) is 0 Å². The van der Waals surface area contributed by atoms with Gasteiger partial charge in [0.1, 0.15) is 0 Å². The molecule has 0 bridgehead atoms. The van der Waals surface area contributed by atoms with Crippen LogP contribution in [0.3, 0.4) is 0 Å². The van der Waals surface area contributed by atoms with Crippen molar-refractivity contribution in [2.75, 3.05) is 0 Å². The number of amides is 1. The van der Waals surface area contributed by atoms with Crippen LogP contribution in [0.4, 0.5) is 8.78 Å². The van der Waals surface area contributed by atoms with Crippen molar-refractivity contribution in [3.8, 4) is 11.4 Å². The Morgan fingerprint density at radius 1 is 1.03 bits per heavy atom. The summed E-state index contributed by atoms with van der Waals surface area (Å²) in [5, 5.41) is 7.38. The van der Waals surface area contributed by atoms with Gasteiger partial charge in [-0.05, 0) is 54.8 Å². The van der Waals surface area contributed by atoms with Gasteiger partial charge in [0, 0.05) is 18.9 Å². The number of aromatic nitrogens is 3. The third kappa shape index (κ3) is 3.60. The number of fused-ring (bicyclic) bond motifs is 1. The molecule has 0 saturated heterocycles. The number of nitrogens with one attached hydrogen (secondary N) is 1. The van der Waals surface area contributed by atoms with Gasteiger partial charge in [-0.1, -0.05) is 25.0 Å². The Morgan fingerprint density at radius 3 is 2.68 bits per heavy atom. The second-order valence-electron chi connectivity index (χ2n) is 7.93. The van der Waals surface area contributed by atoms with E-state index in [1.165, 1.54) is 18.9 Å². The molecule has 1 aliphatic rings. The first kappa shape index (κ1) is 19.5. The number of halogens is 2. The lowest BCUT2D eigenvalue weighted by Gasteiger charge is -2.14. The maximum absolute atomic E-state index is 13.5. The maximum Gasteiger partial charge on any atom is 0.253 e. The molecule has 1 N–H and O–H groups in total. The van der Waals surface area contributed by atoms with Gasteiger partial charge in [-0.3, -0.25) is 9.48 Å². The minimum atomic E-state index is -0.927. The molecular formula is C24H22F2N4O. The Morgan fingerprint density at radius 2 is 1.87 bits per heavy atom. The lowest BCUT2D eigenvalue weighted by Crippen LogP contribution is -2.22. The molecule has 0 spiro atoms. The molecule has 7 heteroatoms. The maximum atomic E-state index is 13.5. The zero-order chi connectivity index (χ0) is 21.4. The second-order valence-corrected chi connectivity index (χ2v) is 7.93. The van der Waals surface area contributed by atoms with Gasteiger partial charge in [0.05, 0.1) is 28.5 Å². The standard InChI is InChI=1S/C24H22F2N4O/c25-19-9-8-16(13-20(19)26)15-27-24(31)18-14-23(29-12-4-3-7-21(18)29)22-10-11-28-30(22)17-5-1-2-6-17/h3-4,7-14,17H,1-2,5-6,15H2,(H,27,31). The van der Waals surface area contributed by atoms with Crippen molar-refractivity contribution in [3.05, 3.63) is 83.7 Å². The SMILES string of the molecule is O=C(NCc1ccc(F)c(F)c1)c1cc(-c2ccnn2C2CCCC2)n2ccccc12. The fourth-order valence-corrected chi connectivity index (χ4v) is 4.42. The van der Waals surface area contributed by atoms with Gasteiger partial charge < -0.3 is 9.72 Å². The van der Waals surface area contributed by atoms with Crippen molar-refractivity contribution < 1.29 is 13.6 Å². The van der Waals surface area contributed by atoms with E-state index in [1.54, 1.807) is 6.20 Å². The topological polar surface area (TPSA) is 51.3 Å². The van der Waals surface area contributed by atoms with Crippen LogP contribution in [-0.4, -0.2) is 20.1 Å². The Bertz CT molecular complexity index is 1250. The fraction of sp³-hybridized carbons (Fsp3) is 0.250. The van der Waals surface area contributed by atoms with E-state index in [1.807, 2.05) is 40.9 Å². The normalized spacial score (nSPS) is 14.4. The molecule has 1 fully saturated rings. The Kier molecular flexibility index (Phi) is 5.02. The van der Waals surface area contributed by atoms with Crippen LogP contribution in [0.2, 0.25) is 0 Å². The lowest BCUT2D eigenvalue weighted by molar-refractivity contribution is 0.0952. The van der Waals surface area contributed by atoms with Crippen LogP contribution in [0.15, 0.2) is 60.9 Å². The van der Waals surface area contributed by atoms with Gasteiger partial charge in [0.2, 0.25) is 0 Å². The summed E-state index contributed by atoms with van der Waals surface area (Å²) in [4.78, 5) is 13.0. The molecular weight excluding hydrogens is 398 g/mol. The summed E-state index contributed by atoms with van der Waals surface area (Å²) in [7, 11) is 0. The molecule has 5 rings (SSSR count). The number of rotatable bonds is 5. The van der Waals surface area contributed by atoms with Crippen molar-refractivity contribution in [2.24, 2.45) is 0 Å². The first-order valence-corrected chi connectivity index (χ1v) is 10.5. The highest BCUT2D eigenvalue weighted by atomic mass is 19.2. The summed E-state index contributed by atoms with van der Waals surface area (Å²) in [6, 6.07) is 13.6. The van der Waals surface area contributed by atoms with Gasteiger partial charge in [-0.25, -0.2) is 8.78 Å². The quantitative estimate of drug-likeness (QED) is 0.487. The Balaban J connectivity index is 1.47. The molecule has 3 aromatic heterocycles. The highest BCUT2D eigenvalue weighted by molar-refractivity contribution is 6.02. The predicted octanol–water partition coefficient (Wildman–Crippen LogP) is 5.13. The van der Waals surface area contributed by atoms with Crippen LogP contribution in [0, 0.1) is 11.6 Å². The van der Waals surface area contributed by atoms with Crippen LogP contribution in [0.25, 0.3) is 16.9 Å². The van der Waals surface area contributed by atoms with Crippen molar-refractivity contribution in [2.45, 2.75) is 38.3 Å². The lowest BCUT2D eigenvalue weighted by atomic mass is 10.2. The van der Waals surface area contributed by atoms with Crippen LogP contribution < -0.4 is 5.32 Å². The van der Waals surface area contributed by atoms with Gasteiger partial charge in [-0.15, -0.1) is 0 Å². The Hall–Kier alpha value is -3.48. The number of nitrogens with zero attached hydrogens (tertiary/aromatic N) is 3. The molecule has 1 amide bonds.